The minimum absolute atomic E-state index is 0.0696. The van der Waals surface area contributed by atoms with E-state index in [1.807, 2.05) is 60.7 Å². The summed E-state index contributed by atoms with van der Waals surface area (Å²) in [7, 11) is -4.87. The molecule has 2 saturated heterocycles. The number of rotatable bonds is 8. The highest BCUT2D eigenvalue weighted by atomic mass is 28.4. The second-order valence-electron chi connectivity index (χ2n) is 15.9. The summed E-state index contributed by atoms with van der Waals surface area (Å²) in [6.45, 7) is 6.61. The second-order valence-corrected chi connectivity index (χ2v) is 20.2. The molecule has 1 saturated carbocycles. The minimum atomic E-state index is -3.09. The normalized spacial score (nSPS) is 25.5. The van der Waals surface area contributed by atoms with Crippen molar-refractivity contribution in [3.63, 3.8) is 0 Å². The first-order valence-corrected chi connectivity index (χ1v) is 20.5. The van der Waals surface area contributed by atoms with Crippen LogP contribution in [0.3, 0.4) is 0 Å². The first kappa shape index (κ1) is 36.4. The van der Waals surface area contributed by atoms with Crippen LogP contribution in [-0.2, 0) is 18.8 Å². The second kappa shape index (κ2) is 13.6. The Labute approximate surface area is 316 Å². The van der Waals surface area contributed by atoms with Gasteiger partial charge in [0.25, 0.3) is 8.32 Å². The monoisotopic (exact) mass is 741 g/mol. The van der Waals surface area contributed by atoms with E-state index in [1.54, 1.807) is 24.3 Å². The molecule has 5 aromatic carbocycles. The summed E-state index contributed by atoms with van der Waals surface area (Å²) in [5.74, 6) is -5.68. The third-order valence-electron chi connectivity index (χ3n) is 12.0. The number of aromatic hydroxyl groups is 1. The van der Waals surface area contributed by atoms with Crippen LogP contribution in [0, 0.1) is 23.7 Å². The molecule has 54 heavy (non-hydrogen) atoms. The topological polar surface area (TPSA) is 137 Å². The Kier molecular flexibility index (Phi) is 9.16. The molecule has 0 unspecified atom stereocenters. The van der Waals surface area contributed by atoms with E-state index >= 15 is 0 Å². The summed E-state index contributed by atoms with van der Waals surface area (Å²) < 4.78 is 14.2. The highest BCUT2D eigenvalue weighted by Crippen LogP contribution is 2.59. The molecule has 2 aliphatic heterocycles. The average molecular weight is 742 g/mol. The quantitative estimate of drug-likeness (QED) is 0.136. The van der Waals surface area contributed by atoms with Crippen molar-refractivity contribution in [1.29, 1.82) is 0 Å². The van der Waals surface area contributed by atoms with Crippen LogP contribution < -0.4 is 20.7 Å². The van der Waals surface area contributed by atoms with Gasteiger partial charge in [-0.15, -0.1) is 0 Å². The fraction of sp³-hybridized carbons (Fsp3) is 0.302. The van der Waals surface area contributed by atoms with Crippen LogP contribution in [0.5, 0.6) is 5.75 Å². The summed E-state index contributed by atoms with van der Waals surface area (Å²) in [4.78, 5) is 30.1. The Morgan fingerprint density at radius 2 is 1.44 bits per heavy atom. The molecule has 276 valence electrons. The lowest BCUT2D eigenvalue weighted by Crippen LogP contribution is -2.67. The molecule has 3 fully saturated rings. The molecule has 8 rings (SSSR count). The zero-order valence-corrected chi connectivity index (χ0v) is 31.5. The van der Waals surface area contributed by atoms with Crippen LogP contribution in [0.25, 0.3) is 10.8 Å². The molecule has 9 nitrogen and oxygen atoms in total. The van der Waals surface area contributed by atoms with E-state index in [2.05, 4.69) is 45.0 Å². The van der Waals surface area contributed by atoms with Crippen LogP contribution in [0.15, 0.2) is 121 Å². The van der Waals surface area contributed by atoms with Crippen molar-refractivity contribution in [3.8, 4) is 5.75 Å². The zero-order valence-electron chi connectivity index (χ0n) is 30.5. The first-order valence-electron chi connectivity index (χ1n) is 18.5. The number of aliphatic hydroxyl groups is 1. The Morgan fingerprint density at radius 1 is 0.815 bits per heavy atom. The lowest BCUT2D eigenvalue weighted by molar-refractivity contribution is -0.273. The number of hydrogen-bond donors (Lipinski definition) is 4. The van der Waals surface area contributed by atoms with Crippen LogP contribution in [0.4, 0.5) is 5.69 Å². The van der Waals surface area contributed by atoms with Crippen LogP contribution >= 0.6 is 0 Å². The zero-order chi connectivity index (χ0) is 38.0. The van der Waals surface area contributed by atoms with Gasteiger partial charge in [0.15, 0.2) is 5.79 Å². The van der Waals surface area contributed by atoms with Crippen molar-refractivity contribution in [2.75, 3.05) is 11.5 Å². The number of fused-ring (bicyclic) bond motifs is 4. The fourth-order valence-electron chi connectivity index (χ4n) is 9.52. The van der Waals surface area contributed by atoms with Gasteiger partial charge < -0.3 is 29.4 Å². The van der Waals surface area contributed by atoms with Gasteiger partial charge in [0.05, 0.1) is 23.6 Å². The van der Waals surface area contributed by atoms with Gasteiger partial charge in [-0.05, 0) is 62.9 Å². The number of benzene rings is 5. The van der Waals surface area contributed by atoms with E-state index < -0.39 is 62.8 Å². The van der Waals surface area contributed by atoms with Crippen molar-refractivity contribution >= 4 is 59.5 Å². The smallest absolute Gasteiger partial charge is 0.488 e. The summed E-state index contributed by atoms with van der Waals surface area (Å²) in [6, 6.07) is 37.4. The number of phenols is 1. The summed E-state index contributed by atoms with van der Waals surface area (Å²) in [5.41, 5.74) is 1.17. The Morgan fingerprint density at radius 3 is 2.07 bits per heavy atom. The summed E-state index contributed by atoms with van der Waals surface area (Å²) >= 11 is 0. The highest BCUT2D eigenvalue weighted by molar-refractivity contribution is 6.99. The Balaban J connectivity index is 1.23. The van der Waals surface area contributed by atoms with E-state index in [0.717, 1.165) is 26.2 Å². The van der Waals surface area contributed by atoms with Gasteiger partial charge in [-0.1, -0.05) is 124 Å². The molecule has 2 heterocycles. The summed E-state index contributed by atoms with van der Waals surface area (Å²) in [5, 5.41) is 46.7. The molecule has 11 heteroatoms. The molecule has 2 amide bonds. The van der Waals surface area contributed by atoms with Crippen LogP contribution in [-0.4, -0.2) is 59.9 Å². The molecule has 6 atom stereocenters. The van der Waals surface area contributed by atoms with E-state index in [1.165, 1.54) is 12.1 Å². The molecule has 0 radical (unpaired) electrons. The number of ether oxygens (including phenoxy) is 1. The number of carbonyl (C=O) groups is 2. The third-order valence-corrected chi connectivity index (χ3v) is 17.0. The number of phenolic OH excluding ortho intramolecular Hbond substituents is 1. The SMILES string of the molecule is CC(C)(C)[Si](OC[C@H]1C[C@@H]2C(=O)N(c3cccc(B(O)O)c3)C(=O)[C@@H]2[C@@H]2C[C@@H](c3ccc(O)c4ccccc34)O[C@]12O)(c1ccccc1)c1ccccc1. The lowest BCUT2D eigenvalue weighted by Gasteiger charge is -2.48. The number of hydrogen-bond acceptors (Lipinski definition) is 8. The van der Waals surface area contributed by atoms with Gasteiger partial charge in [-0.25, -0.2) is 0 Å². The maximum atomic E-state index is 14.5. The fourth-order valence-corrected chi connectivity index (χ4v) is 14.1. The van der Waals surface area contributed by atoms with Gasteiger partial charge in [-0.3, -0.25) is 14.5 Å². The maximum absolute atomic E-state index is 14.5. The van der Waals surface area contributed by atoms with Gasteiger partial charge in [-0.2, -0.15) is 0 Å². The number of amides is 2. The maximum Gasteiger partial charge on any atom is 0.488 e. The van der Waals surface area contributed by atoms with E-state index in [9.17, 15) is 29.9 Å². The first-order chi connectivity index (χ1) is 25.8. The number of nitrogens with zero attached hydrogens (tertiary/aromatic N) is 1. The predicted octanol–water partition coefficient (Wildman–Crippen LogP) is 4.39. The minimum Gasteiger partial charge on any atom is -0.507 e. The van der Waals surface area contributed by atoms with Gasteiger partial charge in [0, 0.05) is 23.8 Å². The predicted molar refractivity (Wildman–Crippen MR) is 210 cm³/mol. The average Bonchev–Trinajstić information content (AvgIpc) is 3.65. The highest BCUT2D eigenvalue weighted by Gasteiger charge is 2.67. The van der Waals surface area contributed by atoms with E-state index in [0.29, 0.717) is 5.39 Å². The molecule has 1 aliphatic carbocycles. The standard InChI is InChI=1S/C43H44BNO8Si/c1-42(2,3)54(30-15-6-4-7-16-30,31-17-8-5-9-18-31)52-26-27-23-35-39(41(48)45(40(35)47)29-14-12-13-28(24-29)44(50)51)36-25-38(53-43(27,36)49)34-21-22-37(46)33-20-11-10-19-32(33)34/h4-22,24,27,35-36,38-39,46,49-51H,23,25-26H2,1-3H3/t27-,35+,36+,38+,39+,43-/m1/s1. The number of anilines is 1. The van der Waals surface area contributed by atoms with Crippen molar-refractivity contribution < 1.29 is 39.0 Å². The molecular weight excluding hydrogens is 697 g/mol. The van der Waals surface area contributed by atoms with Crippen LogP contribution in [0.2, 0.25) is 5.04 Å². The lowest BCUT2D eigenvalue weighted by atomic mass is 9.64. The Hall–Kier alpha value is -4.62. The molecule has 0 aromatic heterocycles. The largest absolute Gasteiger partial charge is 0.507 e. The number of carbonyl (C=O) groups excluding carboxylic acids is 2. The summed E-state index contributed by atoms with van der Waals surface area (Å²) in [6.07, 6.45) is -0.253. The van der Waals surface area contributed by atoms with Crippen molar-refractivity contribution in [2.24, 2.45) is 23.7 Å². The van der Waals surface area contributed by atoms with Crippen molar-refractivity contribution in [1.82, 2.24) is 0 Å². The van der Waals surface area contributed by atoms with Gasteiger partial charge >= 0.3 is 7.12 Å². The number of imide groups is 1. The van der Waals surface area contributed by atoms with Crippen molar-refractivity contribution in [3.05, 3.63) is 127 Å². The molecular formula is C43H44BNO8Si. The van der Waals surface area contributed by atoms with Gasteiger partial charge in [0.2, 0.25) is 11.8 Å². The van der Waals surface area contributed by atoms with Crippen molar-refractivity contribution in [2.45, 2.75) is 50.5 Å². The Bertz CT molecular complexity index is 2170. The molecule has 0 bridgehead atoms. The van der Waals surface area contributed by atoms with E-state index in [4.69, 9.17) is 9.16 Å². The molecule has 4 N–H and O–H groups in total. The third kappa shape index (κ3) is 5.73. The molecule has 3 aliphatic rings. The van der Waals surface area contributed by atoms with Crippen LogP contribution in [0.1, 0.15) is 45.3 Å². The molecule has 0 spiro atoms. The van der Waals surface area contributed by atoms with E-state index in [-0.39, 0.29) is 41.4 Å². The van der Waals surface area contributed by atoms with Gasteiger partial charge in [0.1, 0.15) is 5.75 Å². The molecule has 5 aromatic rings.